The van der Waals surface area contributed by atoms with Gasteiger partial charge in [-0.2, -0.15) is 0 Å². The predicted molar refractivity (Wildman–Crippen MR) is 111 cm³/mol. The molecular weight excluding hydrogens is 314 g/mol. The van der Waals surface area contributed by atoms with Crippen molar-refractivity contribution in [2.75, 3.05) is 0 Å². The Morgan fingerprint density at radius 2 is 1.54 bits per heavy atom. The summed E-state index contributed by atoms with van der Waals surface area (Å²) in [4.78, 5) is 4.83. The molecule has 0 N–H and O–H groups in total. The summed E-state index contributed by atoms with van der Waals surface area (Å²) in [5.74, 6) is 0.515. The Balaban J connectivity index is 1.97. The quantitative estimate of drug-likeness (QED) is 0.371. The van der Waals surface area contributed by atoms with Crippen molar-refractivity contribution in [3.8, 4) is 11.3 Å². The molecule has 1 heteroatoms. The molecule has 128 valence electrons. The third kappa shape index (κ3) is 2.00. The standard InChI is InChI=1S/C25H23N/c1-15(2)19-11-18-9-10-26-24-20-12-16-7-5-6-8-17(16)13-21(20)25(3,4)22(14-19)23(18)24/h5-15H,1-4H3. The van der Waals surface area contributed by atoms with Gasteiger partial charge in [0.1, 0.15) is 0 Å². The van der Waals surface area contributed by atoms with Crippen molar-refractivity contribution in [1.29, 1.82) is 0 Å². The molecular formula is C25H23N. The molecule has 1 aliphatic rings. The van der Waals surface area contributed by atoms with Crippen molar-refractivity contribution >= 4 is 21.5 Å². The van der Waals surface area contributed by atoms with Crippen LogP contribution in [-0.4, -0.2) is 4.98 Å². The lowest BCUT2D eigenvalue weighted by Gasteiger charge is -2.35. The minimum absolute atomic E-state index is 0.0431. The first kappa shape index (κ1) is 15.6. The van der Waals surface area contributed by atoms with E-state index in [-0.39, 0.29) is 5.41 Å². The fourth-order valence-electron chi connectivity index (χ4n) is 4.47. The zero-order valence-electron chi connectivity index (χ0n) is 15.8. The van der Waals surface area contributed by atoms with E-state index in [1.807, 2.05) is 6.20 Å². The van der Waals surface area contributed by atoms with Gasteiger partial charge >= 0.3 is 0 Å². The Hall–Kier alpha value is -2.67. The zero-order valence-corrected chi connectivity index (χ0v) is 15.8. The molecule has 26 heavy (non-hydrogen) atoms. The van der Waals surface area contributed by atoms with Crippen LogP contribution < -0.4 is 0 Å². The summed E-state index contributed by atoms with van der Waals surface area (Å²) in [5.41, 5.74) is 6.56. The first-order valence-electron chi connectivity index (χ1n) is 9.43. The average molecular weight is 337 g/mol. The maximum absolute atomic E-state index is 4.83. The molecule has 0 spiro atoms. The minimum Gasteiger partial charge on any atom is -0.256 e. The summed E-state index contributed by atoms with van der Waals surface area (Å²) in [6.45, 7) is 9.26. The molecule has 1 nitrogen and oxygen atoms in total. The van der Waals surface area contributed by atoms with Crippen molar-refractivity contribution in [3.63, 3.8) is 0 Å². The van der Waals surface area contributed by atoms with Crippen LogP contribution in [-0.2, 0) is 5.41 Å². The summed E-state index contributed by atoms with van der Waals surface area (Å²) < 4.78 is 0. The lowest BCUT2D eigenvalue weighted by molar-refractivity contribution is 0.643. The molecule has 1 aliphatic carbocycles. The minimum atomic E-state index is -0.0431. The summed E-state index contributed by atoms with van der Waals surface area (Å²) in [7, 11) is 0. The molecule has 0 radical (unpaired) electrons. The lowest BCUT2D eigenvalue weighted by Crippen LogP contribution is -2.24. The van der Waals surface area contributed by atoms with Crippen LogP contribution in [0.3, 0.4) is 0 Å². The number of nitrogens with zero attached hydrogens (tertiary/aromatic N) is 1. The molecule has 3 aromatic carbocycles. The summed E-state index contributed by atoms with van der Waals surface area (Å²) in [6.07, 6.45) is 1.96. The molecule has 5 rings (SSSR count). The molecule has 0 atom stereocenters. The van der Waals surface area contributed by atoms with Gasteiger partial charge in [-0.3, -0.25) is 4.98 Å². The van der Waals surface area contributed by atoms with Gasteiger partial charge in [-0.1, -0.05) is 64.1 Å². The summed E-state index contributed by atoms with van der Waals surface area (Å²) in [5, 5.41) is 5.21. The van der Waals surface area contributed by atoms with E-state index < -0.39 is 0 Å². The third-order valence-electron chi connectivity index (χ3n) is 6.04. The van der Waals surface area contributed by atoms with Crippen molar-refractivity contribution < 1.29 is 0 Å². The first-order valence-corrected chi connectivity index (χ1v) is 9.43. The Bertz CT molecular complexity index is 1180. The molecule has 1 aromatic heterocycles. The van der Waals surface area contributed by atoms with E-state index in [9.17, 15) is 0 Å². The van der Waals surface area contributed by atoms with E-state index >= 15 is 0 Å². The highest BCUT2D eigenvalue weighted by Crippen LogP contribution is 2.49. The lowest BCUT2D eigenvalue weighted by atomic mass is 9.68. The zero-order chi connectivity index (χ0) is 18.1. The number of pyridine rings is 1. The van der Waals surface area contributed by atoms with Crippen LogP contribution in [0.2, 0.25) is 0 Å². The Kier molecular flexibility index (Phi) is 3.10. The van der Waals surface area contributed by atoms with Gasteiger partial charge in [-0.15, -0.1) is 0 Å². The van der Waals surface area contributed by atoms with Gasteiger partial charge in [-0.05, 0) is 57.0 Å². The monoisotopic (exact) mass is 337 g/mol. The van der Waals surface area contributed by atoms with Crippen LogP contribution in [0, 0.1) is 0 Å². The topological polar surface area (TPSA) is 12.9 Å². The van der Waals surface area contributed by atoms with E-state index in [2.05, 4.69) is 82.3 Å². The summed E-state index contributed by atoms with van der Waals surface area (Å²) in [6, 6.07) is 20.3. The fraction of sp³-hybridized carbons (Fsp3) is 0.240. The average Bonchev–Trinajstić information content (AvgIpc) is 2.64. The number of aromatic nitrogens is 1. The van der Waals surface area contributed by atoms with Crippen molar-refractivity contribution in [2.24, 2.45) is 0 Å². The van der Waals surface area contributed by atoms with Gasteiger partial charge < -0.3 is 0 Å². The second-order valence-electron chi connectivity index (χ2n) is 8.35. The maximum Gasteiger partial charge on any atom is 0.0786 e. The fourth-order valence-corrected chi connectivity index (χ4v) is 4.47. The second-order valence-corrected chi connectivity index (χ2v) is 8.35. The number of fused-ring (bicyclic) bond motifs is 3. The highest BCUT2D eigenvalue weighted by atomic mass is 14.7. The van der Waals surface area contributed by atoms with Crippen molar-refractivity contribution in [2.45, 2.75) is 39.0 Å². The van der Waals surface area contributed by atoms with Crippen LogP contribution in [0.25, 0.3) is 32.8 Å². The molecule has 0 fully saturated rings. The summed E-state index contributed by atoms with van der Waals surface area (Å²) >= 11 is 0. The molecule has 0 saturated carbocycles. The largest absolute Gasteiger partial charge is 0.256 e. The number of hydrogen-bond donors (Lipinski definition) is 0. The van der Waals surface area contributed by atoms with Gasteiger partial charge in [0, 0.05) is 22.6 Å². The number of hydrogen-bond acceptors (Lipinski definition) is 1. The SMILES string of the molecule is CC(C)c1cc2c3c(nccc3c1)-c1cc3ccccc3cc1C2(C)C. The number of benzene rings is 3. The second kappa shape index (κ2) is 5.17. The molecule has 4 aromatic rings. The smallest absolute Gasteiger partial charge is 0.0786 e. The van der Waals surface area contributed by atoms with Gasteiger partial charge in [-0.25, -0.2) is 0 Å². The van der Waals surface area contributed by atoms with E-state index in [0.717, 1.165) is 5.69 Å². The number of rotatable bonds is 1. The van der Waals surface area contributed by atoms with E-state index in [1.54, 1.807) is 0 Å². The van der Waals surface area contributed by atoms with Crippen LogP contribution in [0.5, 0.6) is 0 Å². The van der Waals surface area contributed by atoms with Gasteiger partial charge in [0.25, 0.3) is 0 Å². The maximum atomic E-state index is 4.83. The Labute approximate surface area is 154 Å². The van der Waals surface area contributed by atoms with Crippen LogP contribution in [0.4, 0.5) is 0 Å². The molecule has 0 amide bonds. The normalized spacial score (nSPS) is 14.8. The molecule has 1 heterocycles. The van der Waals surface area contributed by atoms with Crippen molar-refractivity contribution in [3.05, 3.63) is 77.5 Å². The molecule has 0 saturated heterocycles. The third-order valence-corrected chi connectivity index (χ3v) is 6.04. The first-order chi connectivity index (χ1) is 12.5. The van der Waals surface area contributed by atoms with Crippen LogP contribution >= 0.6 is 0 Å². The van der Waals surface area contributed by atoms with Crippen LogP contribution in [0.15, 0.2) is 60.8 Å². The molecule has 0 aliphatic heterocycles. The Morgan fingerprint density at radius 1 is 0.808 bits per heavy atom. The van der Waals surface area contributed by atoms with E-state index in [1.165, 1.54) is 43.8 Å². The van der Waals surface area contributed by atoms with Crippen molar-refractivity contribution in [1.82, 2.24) is 4.98 Å². The highest BCUT2D eigenvalue weighted by molar-refractivity contribution is 6.04. The Morgan fingerprint density at radius 3 is 2.27 bits per heavy atom. The molecule has 0 bridgehead atoms. The van der Waals surface area contributed by atoms with E-state index in [4.69, 9.17) is 4.98 Å². The van der Waals surface area contributed by atoms with Gasteiger partial charge in [0.15, 0.2) is 0 Å². The van der Waals surface area contributed by atoms with Gasteiger partial charge in [0.05, 0.1) is 5.69 Å². The highest BCUT2D eigenvalue weighted by Gasteiger charge is 2.34. The predicted octanol–water partition coefficient (Wildman–Crippen LogP) is 6.82. The molecule has 0 unspecified atom stereocenters. The van der Waals surface area contributed by atoms with E-state index in [0.29, 0.717) is 5.92 Å². The van der Waals surface area contributed by atoms with Crippen LogP contribution in [0.1, 0.15) is 50.3 Å². The van der Waals surface area contributed by atoms with Gasteiger partial charge in [0.2, 0.25) is 0 Å².